The summed E-state index contributed by atoms with van der Waals surface area (Å²) in [5, 5.41) is 3.13. The topological polar surface area (TPSA) is 56.1 Å². The zero-order valence-electron chi connectivity index (χ0n) is 12.3. The molecule has 2 rings (SSSR count). The summed E-state index contributed by atoms with van der Waals surface area (Å²) in [7, 11) is 1.27. The number of hydrogen-bond donors (Lipinski definition) is 1. The molecule has 1 N–H and O–H groups in total. The van der Waals surface area contributed by atoms with Gasteiger partial charge in [0.2, 0.25) is 0 Å². The van der Waals surface area contributed by atoms with Crippen LogP contribution in [0.25, 0.3) is 0 Å². The van der Waals surface area contributed by atoms with E-state index in [1.165, 1.54) is 19.2 Å². The largest absolute Gasteiger partial charge is 0.465 e. The third kappa shape index (κ3) is 3.39. The molecule has 0 atom stereocenters. The maximum atomic E-state index is 13.3. The van der Waals surface area contributed by atoms with Crippen molar-refractivity contribution in [2.45, 2.75) is 26.4 Å². The van der Waals surface area contributed by atoms with Crippen LogP contribution in [-0.2, 0) is 11.3 Å². The number of methoxy groups -OCH3 is 1. The van der Waals surface area contributed by atoms with E-state index in [0.717, 1.165) is 11.8 Å². The number of carbonyl (C=O) groups excluding carboxylic acids is 1. The van der Waals surface area contributed by atoms with Crippen LogP contribution in [0.3, 0.4) is 0 Å². The van der Waals surface area contributed by atoms with E-state index >= 15 is 0 Å². The summed E-state index contributed by atoms with van der Waals surface area (Å²) in [6.07, 6.45) is 3.52. The highest BCUT2D eigenvalue weighted by atomic mass is 19.1. The van der Waals surface area contributed by atoms with Gasteiger partial charge in [-0.25, -0.2) is 14.2 Å². The van der Waals surface area contributed by atoms with E-state index in [9.17, 15) is 9.18 Å². The van der Waals surface area contributed by atoms with E-state index in [1.54, 1.807) is 12.5 Å². The molecule has 1 aromatic carbocycles. The lowest BCUT2D eigenvalue weighted by Gasteiger charge is -2.14. The second kappa shape index (κ2) is 6.39. The summed E-state index contributed by atoms with van der Waals surface area (Å²) in [4.78, 5) is 15.8. The van der Waals surface area contributed by atoms with Gasteiger partial charge in [0.25, 0.3) is 0 Å². The Morgan fingerprint density at radius 2 is 2.24 bits per heavy atom. The first kappa shape index (κ1) is 15.0. The number of benzene rings is 1. The number of ether oxygens (including phenoxy) is 1. The van der Waals surface area contributed by atoms with Crippen LogP contribution in [0.2, 0.25) is 0 Å². The van der Waals surface area contributed by atoms with Gasteiger partial charge < -0.3 is 14.6 Å². The monoisotopic (exact) mass is 291 g/mol. The SMILES string of the molecule is COC(=O)c1cc(F)ccc1NCc1cncn1C(C)C. The first-order chi connectivity index (χ1) is 10.0. The first-order valence-electron chi connectivity index (χ1n) is 6.65. The molecule has 21 heavy (non-hydrogen) atoms. The number of anilines is 1. The summed E-state index contributed by atoms with van der Waals surface area (Å²) < 4.78 is 20.0. The highest BCUT2D eigenvalue weighted by Gasteiger charge is 2.13. The second-order valence-electron chi connectivity index (χ2n) is 4.92. The fourth-order valence-corrected chi connectivity index (χ4v) is 2.07. The van der Waals surface area contributed by atoms with Gasteiger partial charge in [-0.1, -0.05) is 0 Å². The molecule has 0 amide bonds. The average Bonchev–Trinajstić information content (AvgIpc) is 2.93. The highest BCUT2D eigenvalue weighted by molar-refractivity contribution is 5.95. The fraction of sp³-hybridized carbons (Fsp3) is 0.333. The molecule has 0 saturated carbocycles. The van der Waals surface area contributed by atoms with Crippen LogP contribution >= 0.6 is 0 Å². The van der Waals surface area contributed by atoms with Gasteiger partial charge in [0, 0.05) is 17.9 Å². The number of imidazole rings is 1. The summed E-state index contributed by atoms with van der Waals surface area (Å²) in [6, 6.07) is 4.28. The van der Waals surface area contributed by atoms with Crippen molar-refractivity contribution < 1.29 is 13.9 Å². The predicted octanol–water partition coefficient (Wildman–Crippen LogP) is 3.00. The number of nitrogens with zero attached hydrogens (tertiary/aromatic N) is 2. The Morgan fingerprint density at radius 3 is 2.90 bits per heavy atom. The molecule has 0 aliphatic carbocycles. The Kier molecular flexibility index (Phi) is 4.57. The number of halogens is 1. The van der Waals surface area contributed by atoms with Gasteiger partial charge in [0.05, 0.1) is 31.2 Å². The molecule has 0 spiro atoms. The van der Waals surface area contributed by atoms with Gasteiger partial charge in [-0.3, -0.25) is 0 Å². The maximum Gasteiger partial charge on any atom is 0.340 e. The maximum absolute atomic E-state index is 13.3. The molecule has 0 bridgehead atoms. The minimum absolute atomic E-state index is 0.174. The number of nitrogens with one attached hydrogen (secondary N) is 1. The standard InChI is InChI=1S/C15H18FN3O2/c1-10(2)19-9-17-7-12(19)8-18-14-5-4-11(16)6-13(14)15(20)21-3/h4-7,9-10,18H,8H2,1-3H3. The predicted molar refractivity (Wildman–Crippen MR) is 77.7 cm³/mol. The van der Waals surface area contributed by atoms with E-state index in [1.807, 2.05) is 4.57 Å². The molecule has 0 aliphatic rings. The zero-order valence-corrected chi connectivity index (χ0v) is 12.3. The van der Waals surface area contributed by atoms with Crippen molar-refractivity contribution in [2.24, 2.45) is 0 Å². The lowest BCUT2D eigenvalue weighted by molar-refractivity contribution is 0.0601. The number of rotatable bonds is 5. The van der Waals surface area contributed by atoms with Crippen molar-refractivity contribution in [3.05, 3.63) is 47.8 Å². The molecule has 1 heterocycles. The quantitative estimate of drug-likeness (QED) is 0.860. The van der Waals surface area contributed by atoms with Crippen LogP contribution in [0, 0.1) is 5.82 Å². The summed E-state index contributed by atoms with van der Waals surface area (Å²) in [5.41, 5.74) is 1.68. The van der Waals surface area contributed by atoms with Crippen LogP contribution in [0.1, 0.15) is 35.9 Å². The van der Waals surface area contributed by atoms with Crippen molar-refractivity contribution in [3.8, 4) is 0 Å². The molecular formula is C15H18FN3O2. The van der Waals surface area contributed by atoms with E-state index < -0.39 is 11.8 Å². The molecule has 1 aromatic heterocycles. The third-order valence-corrected chi connectivity index (χ3v) is 3.15. The Balaban J connectivity index is 2.20. The Morgan fingerprint density at radius 1 is 1.48 bits per heavy atom. The molecule has 0 saturated heterocycles. The van der Waals surface area contributed by atoms with Gasteiger partial charge in [-0.15, -0.1) is 0 Å². The number of esters is 1. The highest BCUT2D eigenvalue weighted by Crippen LogP contribution is 2.19. The fourth-order valence-electron chi connectivity index (χ4n) is 2.07. The molecular weight excluding hydrogens is 273 g/mol. The van der Waals surface area contributed by atoms with Crippen molar-refractivity contribution in [3.63, 3.8) is 0 Å². The van der Waals surface area contributed by atoms with E-state index in [0.29, 0.717) is 12.2 Å². The first-order valence-corrected chi connectivity index (χ1v) is 6.65. The molecule has 0 unspecified atom stereocenters. The van der Waals surface area contributed by atoms with Gasteiger partial charge in [0.1, 0.15) is 5.82 Å². The smallest absolute Gasteiger partial charge is 0.340 e. The molecule has 6 heteroatoms. The third-order valence-electron chi connectivity index (χ3n) is 3.15. The Labute approximate surface area is 122 Å². The van der Waals surface area contributed by atoms with Gasteiger partial charge >= 0.3 is 5.97 Å². The summed E-state index contributed by atoms with van der Waals surface area (Å²) in [6.45, 7) is 4.60. The number of aromatic nitrogens is 2. The summed E-state index contributed by atoms with van der Waals surface area (Å²) >= 11 is 0. The van der Waals surface area contributed by atoms with Crippen molar-refractivity contribution in [1.82, 2.24) is 9.55 Å². The van der Waals surface area contributed by atoms with Gasteiger partial charge in [0.15, 0.2) is 0 Å². The molecule has 5 nitrogen and oxygen atoms in total. The average molecular weight is 291 g/mol. The van der Waals surface area contributed by atoms with Crippen molar-refractivity contribution >= 4 is 11.7 Å². The molecule has 2 aromatic rings. The van der Waals surface area contributed by atoms with Crippen molar-refractivity contribution in [1.29, 1.82) is 0 Å². The van der Waals surface area contributed by atoms with E-state index in [-0.39, 0.29) is 11.6 Å². The van der Waals surface area contributed by atoms with Crippen LogP contribution in [0.5, 0.6) is 0 Å². The number of carbonyl (C=O) groups is 1. The minimum atomic E-state index is -0.575. The lowest BCUT2D eigenvalue weighted by Crippen LogP contribution is -2.12. The zero-order chi connectivity index (χ0) is 15.4. The van der Waals surface area contributed by atoms with Crippen LogP contribution in [-0.4, -0.2) is 22.6 Å². The normalized spacial score (nSPS) is 10.7. The Bertz CT molecular complexity index is 638. The van der Waals surface area contributed by atoms with Gasteiger partial charge in [-0.2, -0.15) is 0 Å². The molecule has 0 aliphatic heterocycles. The molecule has 0 radical (unpaired) electrons. The molecule has 0 fully saturated rings. The summed E-state index contributed by atoms with van der Waals surface area (Å²) in [5.74, 6) is -1.05. The van der Waals surface area contributed by atoms with E-state index in [4.69, 9.17) is 0 Å². The minimum Gasteiger partial charge on any atom is -0.465 e. The second-order valence-corrected chi connectivity index (χ2v) is 4.92. The number of hydrogen-bond acceptors (Lipinski definition) is 4. The van der Waals surface area contributed by atoms with Crippen LogP contribution < -0.4 is 5.32 Å². The molecule has 112 valence electrons. The van der Waals surface area contributed by atoms with Crippen LogP contribution in [0.4, 0.5) is 10.1 Å². The lowest BCUT2D eigenvalue weighted by atomic mass is 10.1. The van der Waals surface area contributed by atoms with Crippen LogP contribution in [0.15, 0.2) is 30.7 Å². The Hall–Kier alpha value is -2.37. The van der Waals surface area contributed by atoms with E-state index in [2.05, 4.69) is 28.9 Å². The van der Waals surface area contributed by atoms with Gasteiger partial charge in [-0.05, 0) is 32.0 Å². The van der Waals surface area contributed by atoms with Crippen molar-refractivity contribution in [2.75, 3.05) is 12.4 Å².